The molecule has 0 saturated carbocycles. The van der Waals surface area contributed by atoms with E-state index in [2.05, 4.69) is 59.6 Å². The monoisotopic (exact) mass is 312 g/mol. The third kappa shape index (κ3) is 4.55. The van der Waals surface area contributed by atoms with Gasteiger partial charge in [0.25, 0.3) is 0 Å². The second-order valence-electron chi connectivity index (χ2n) is 5.16. The SMILES string of the molecule is C=CCC.CC.Cc1cc2nc(-c3[nH]ncc3C)[nH]c2cc1C. The van der Waals surface area contributed by atoms with E-state index in [1.54, 1.807) is 6.20 Å². The summed E-state index contributed by atoms with van der Waals surface area (Å²) in [7, 11) is 0. The summed E-state index contributed by atoms with van der Waals surface area (Å²) in [6, 6.07) is 4.24. The number of hydrogen-bond donors (Lipinski definition) is 2. The van der Waals surface area contributed by atoms with Crippen LogP contribution in [0, 0.1) is 20.8 Å². The normalized spacial score (nSPS) is 9.65. The average molecular weight is 312 g/mol. The van der Waals surface area contributed by atoms with Crippen molar-refractivity contribution < 1.29 is 0 Å². The Morgan fingerprint density at radius 1 is 1.09 bits per heavy atom. The predicted octanol–water partition coefficient (Wildman–Crippen LogP) is 5.49. The number of nitrogens with zero attached hydrogens (tertiary/aromatic N) is 2. The van der Waals surface area contributed by atoms with Crippen molar-refractivity contribution in [2.45, 2.75) is 48.0 Å². The fraction of sp³-hybridized carbons (Fsp3) is 0.368. The maximum absolute atomic E-state index is 4.59. The molecule has 2 N–H and O–H groups in total. The molecule has 3 rings (SSSR count). The third-order valence-electron chi connectivity index (χ3n) is 3.45. The van der Waals surface area contributed by atoms with E-state index in [-0.39, 0.29) is 0 Å². The summed E-state index contributed by atoms with van der Waals surface area (Å²) in [5.41, 5.74) is 6.65. The molecule has 0 unspecified atom stereocenters. The summed E-state index contributed by atoms with van der Waals surface area (Å²) in [6.07, 6.45) is 4.76. The molecular weight excluding hydrogens is 284 g/mol. The molecule has 0 aliphatic rings. The van der Waals surface area contributed by atoms with Crippen molar-refractivity contribution in [1.29, 1.82) is 0 Å². The third-order valence-corrected chi connectivity index (χ3v) is 3.45. The minimum Gasteiger partial charge on any atom is -0.337 e. The largest absolute Gasteiger partial charge is 0.337 e. The van der Waals surface area contributed by atoms with Crippen LogP contribution in [-0.2, 0) is 0 Å². The lowest BCUT2D eigenvalue weighted by atomic mass is 10.1. The molecule has 124 valence electrons. The highest BCUT2D eigenvalue weighted by Gasteiger charge is 2.10. The Kier molecular flexibility index (Phi) is 7.26. The van der Waals surface area contributed by atoms with Gasteiger partial charge >= 0.3 is 0 Å². The predicted molar refractivity (Wildman–Crippen MR) is 99.7 cm³/mol. The first-order valence-corrected chi connectivity index (χ1v) is 8.15. The number of benzene rings is 1. The maximum Gasteiger partial charge on any atom is 0.156 e. The number of aromatic nitrogens is 4. The van der Waals surface area contributed by atoms with Crippen LogP contribution >= 0.6 is 0 Å². The molecule has 1 aromatic carbocycles. The lowest BCUT2D eigenvalue weighted by Gasteiger charge is -1.97. The van der Waals surface area contributed by atoms with Crippen LogP contribution in [0.2, 0.25) is 0 Å². The highest BCUT2D eigenvalue weighted by atomic mass is 15.1. The van der Waals surface area contributed by atoms with E-state index in [9.17, 15) is 0 Å². The first-order chi connectivity index (χ1) is 11.1. The summed E-state index contributed by atoms with van der Waals surface area (Å²) < 4.78 is 0. The summed E-state index contributed by atoms with van der Waals surface area (Å²) in [4.78, 5) is 7.92. The van der Waals surface area contributed by atoms with Gasteiger partial charge in [-0.3, -0.25) is 5.10 Å². The summed E-state index contributed by atoms with van der Waals surface area (Å²) >= 11 is 0. The van der Waals surface area contributed by atoms with Gasteiger partial charge in [0.2, 0.25) is 0 Å². The Labute approximate surface area is 139 Å². The number of H-pyrrole nitrogens is 2. The summed E-state index contributed by atoms with van der Waals surface area (Å²) in [6.45, 7) is 15.8. The maximum atomic E-state index is 4.59. The van der Waals surface area contributed by atoms with E-state index in [0.717, 1.165) is 34.5 Å². The molecule has 0 saturated heterocycles. The van der Waals surface area contributed by atoms with Crippen molar-refractivity contribution in [2.24, 2.45) is 0 Å². The molecule has 4 nitrogen and oxygen atoms in total. The van der Waals surface area contributed by atoms with Gasteiger partial charge in [0.05, 0.1) is 17.2 Å². The number of aryl methyl sites for hydroxylation is 3. The molecule has 3 aromatic rings. The second-order valence-corrected chi connectivity index (χ2v) is 5.16. The number of allylic oxidation sites excluding steroid dienone is 1. The van der Waals surface area contributed by atoms with Crippen LogP contribution in [0.5, 0.6) is 0 Å². The molecule has 0 aliphatic carbocycles. The second kappa shape index (κ2) is 8.93. The highest BCUT2D eigenvalue weighted by Crippen LogP contribution is 2.23. The Morgan fingerprint density at radius 2 is 1.70 bits per heavy atom. The molecule has 4 heteroatoms. The lowest BCUT2D eigenvalue weighted by molar-refractivity contribution is 1.08. The number of fused-ring (bicyclic) bond motifs is 1. The van der Waals surface area contributed by atoms with Crippen LogP contribution in [0.4, 0.5) is 0 Å². The Morgan fingerprint density at radius 3 is 2.22 bits per heavy atom. The zero-order valence-electron chi connectivity index (χ0n) is 15.1. The van der Waals surface area contributed by atoms with Crippen molar-refractivity contribution in [3.8, 4) is 11.5 Å². The van der Waals surface area contributed by atoms with Crippen LogP contribution in [0.3, 0.4) is 0 Å². The van der Waals surface area contributed by atoms with E-state index in [1.807, 2.05) is 26.8 Å². The van der Waals surface area contributed by atoms with Gasteiger partial charge in [-0.25, -0.2) is 4.98 Å². The average Bonchev–Trinajstić information content (AvgIpc) is 3.16. The van der Waals surface area contributed by atoms with Crippen LogP contribution in [0.25, 0.3) is 22.6 Å². The minimum absolute atomic E-state index is 0.847. The molecule has 23 heavy (non-hydrogen) atoms. The number of nitrogens with one attached hydrogen (secondary N) is 2. The van der Waals surface area contributed by atoms with Gasteiger partial charge in [-0.1, -0.05) is 26.8 Å². The van der Waals surface area contributed by atoms with Gasteiger partial charge in [0.1, 0.15) is 5.69 Å². The quantitative estimate of drug-likeness (QED) is 0.615. The summed E-state index contributed by atoms with van der Waals surface area (Å²) in [5.74, 6) is 0.847. The number of hydrogen-bond acceptors (Lipinski definition) is 2. The Balaban J connectivity index is 0.000000388. The van der Waals surface area contributed by atoms with Crippen LogP contribution in [0.1, 0.15) is 43.9 Å². The van der Waals surface area contributed by atoms with Crippen LogP contribution in [-0.4, -0.2) is 20.2 Å². The molecule has 0 fully saturated rings. The molecule has 0 spiro atoms. The molecule has 2 heterocycles. The van der Waals surface area contributed by atoms with Gasteiger partial charge in [0.15, 0.2) is 5.82 Å². The van der Waals surface area contributed by atoms with Gasteiger partial charge in [-0.05, 0) is 56.0 Å². The fourth-order valence-corrected chi connectivity index (χ4v) is 1.97. The number of rotatable bonds is 2. The van der Waals surface area contributed by atoms with Crippen molar-refractivity contribution in [2.75, 3.05) is 0 Å². The molecule has 0 amide bonds. The van der Waals surface area contributed by atoms with Crippen LogP contribution in [0.15, 0.2) is 31.0 Å². The van der Waals surface area contributed by atoms with Crippen molar-refractivity contribution >= 4 is 11.0 Å². The van der Waals surface area contributed by atoms with E-state index >= 15 is 0 Å². The van der Waals surface area contributed by atoms with Crippen LogP contribution < -0.4 is 0 Å². The zero-order chi connectivity index (χ0) is 17.4. The standard InChI is InChI=1S/C13H14N4.C4H8.C2H6/c1-7-4-10-11(5-8(7)2)16-13(15-10)12-9(3)6-14-17-12;1-3-4-2;1-2/h4-6H,1-3H3,(H,14,17)(H,15,16);3H,1,4H2,2H3;1-2H3. The van der Waals surface area contributed by atoms with Crippen molar-refractivity contribution in [3.05, 3.63) is 47.7 Å². The molecule has 2 aromatic heterocycles. The van der Waals surface area contributed by atoms with E-state index in [1.165, 1.54) is 11.1 Å². The van der Waals surface area contributed by atoms with Gasteiger partial charge < -0.3 is 4.98 Å². The first-order valence-electron chi connectivity index (χ1n) is 8.15. The number of imidazole rings is 1. The van der Waals surface area contributed by atoms with Gasteiger partial charge in [-0.15, -0.1) is 6.58 Å². The Bertz CT molecular complexity index is 711. The van der Waals surface area contributed by atoms with E-state index in [4.69, 9.17) is 0 Å². The smallest absolute Gasteiger partial charge is 0.156 e. The molecule has 0 bridgehead atoms. The molecule has 0 aliphatic heterocycles. The first kappa shape index (κ1) is 18.7. The zero-order valence-corrected chi connectivity index (χ0v) is 15.1. The van der Waals surface area contributed by atoms with Gasteiger partial charge in [0, 0.05) is 0 Å². The molecule has 0 atom stereocenters. The van der Waals surface area contributed by atoms with Crippen molar-refractivity contribution in [1.82, 2.24) is 20.2 Å². The fourth-order valence-electron chi connectivity index (χ4n) is 1.97. The van der Waals surface area contributed by atoms with Gasteiger partial charge in [-0.2, -0.15) is 5.10 Å². The topological polar surface area (TPSA) is 57.4 Å². The van der Waals surface area contributed by atoms with E-state index in [0.29, 0.717) is 0 Å². The van der Waals surface area contributed by atoms with Crippen molar-refractivity contribution in [3.63, 3.8) is 0 Å². The van der Waals surface area contributed by atoms with E-state index < -0.39 is 0 Å². The lowest BCUT2D eigenvalue weighted by Crippen LogP contribution is -1.82. The molecule has 0 radical (unpaired) electrons. The molecular formula is C19H28N4. The highest BCUT2D eigenvalue weighted by molar-refractivity contribution is 5.80. The summed E-state index contributed by atoms with van der Waals surface area (Å²) in [5, 5.41) is 6.99. The minimum atomic E-state index is 0.847. The Hall–Kier alpha value is -2.36. The number of aromatic amines is 2.